The molecule has 7 nitrogen and oxygen atoms in total. The summed E-state index contributed by atoms with van der Waals surface area (Å²) >= 11 is 0. The number of nitro groups is 1. The van der Waals surface area contributed by atoms with E-state index in [0.29, 0.717) is 6.61 Å². The summed E-state index contributed by atoms with van der Waals surface area (Å²) in [6, 6.07) is 18.4. The van der Waals surface area contributed by atoms with Gasteiger partial charge in [0.2, 0.25) is 0 Å². The molecule has 2 aromatic carbocycles. The number of methoxy groups -OCH3 is 1. The predicted octanol–water partition coefficient (Wildman–Crippen LogP) is 2.80. The maximum Gasteiger partial charge on any atom is 0.251 e. The predicted molar refractivity (Wildman–Crippen MR) is 100.0 cm³/mol. The lowest BCUT2D eigenvalue weighted by Gasteiger charge is -2.29. The molecule has 0 N–H and O–H groups in total. The van der Waals surface area contributed by atoms with E-state index in [1.54, 1.807) is 0 Å². The zero-order valence-corrected chi connectivity index (χ0v) is 15.5. The van der Waals surface area contributed by atoms with Crippen LogP contribution in [0.3, 0.4) is 0 Å². The van der Waals surface area contributed by atoms with Crippen LogP contribution in [-0.4, -0.2) is 42.7 Å². The van der Waals surface area contributed by atoms with Crippen LogP contribution >= 0.6 is 0 Å². The Bertz CT molecular complexity index is 786. The average molecular weight is 385 g/mol. The summed E-state index contributed by atoms with van der Waals surface area (Å²) in [4.78, 5) is 11.6. The molecule has 0 amide bonds. The van der Waals surface area contributed by atoms with Gasteiger partial charge in [-0.25, -0.2) is 0 Å². The fraction of sp³-hybridized carbons (Fsp3) is 0.429. The first-order valence-electron chi connectivity index (χ1n) is 9.32. The molecule has 0 aromatic heterocycles. The van der Waals surface area contributed by atoms with Crippen LogP contribution in [0.25, 0.3) is 0 Å². The van der Waals surface area contributed by atoms with E-state index in [-0.39, 0.29) is 11.5 Å². The lowest BCUT2D eigenvalue weighted by Crippen LogP contribution is -2.48. The molecule has 1 aliphatic carbocycles. The highest BCUT2D eigenvalue weighted by atomic mass is 16.7. The molecule has 1 saturated carbocycles. The number of benzene rings is 2. The number of hydrogen-bond donors (Lipinski definition) is 0. The van der Waals surface area contributed by atoms with E-state index in [1.165, 1.54) is 7.11 Å². The summed E-state index contributed by atoms with van der Waals surface area (Å²) in [5, 5.41) is 11.9. The Labute approximate surface area is 163 Å². The van der Waals surface area contributed by atoms with Crippen LogP contribution in [0.2, 0.25) is 0 Å². The Balaban J connectivity index is 1.51. The maximum atomic E-state index is 11.9. The molecule has 0 spiro atoms. The van der Waals surface area contributed by atoms with Gasteiger partial charge in [0.05, 0.1) is 13.2 Å². The van der Waals surface area contributed by atoms with Crippen molar-refractivity contribution in [2.24, 2.45) is 5.92 Å². The Morgan fingerprint density at radius 1 is 0.929 bits per heavy atom. The fourth-order valence-corrected chi connectivity index (χ4v) is 4.14. The highest BCUT2D eigenvalue weighted by Crippen LogP contribution is 2.46. The van der Waals surface area contributed by atoms with Crippen LogP contribution in [0.1, 0.15) is 11.1 Å². The van der Waals surface area contributed by atoms with E-state index >= 15 is 0 Å². The highest BCUT2D eigenvalue weighted by Gasteiger charge is 2.68. The summed E-state index contributed by atoms with van der Waals surface area (Å²) in [5.41, 5.74) is 1.96. The molecule has 148 valence electrons. The minimum Gasteiger partial charge on any atom is -0.370 e. The van der Waals surface area contributed by atoms with Crippen LogP contribution in [0.15, 0.2) is 60.7 Å². The van der Waals surface area contributed by atoms with Crippen molar-refractivity contribution in [2.45, 2.75) is 43.9 Å². The van der Waals surface area contributed by atoms with Gasteiger partial charge in [-0.1, -0.05) is 60.7 Å². The SMILES string of the molecule is CO[C@@H]1OC2[C@H](OCc3ccccc3)C1[C@@H]([N+](=O)[O-])[C@@H]2OCc1ccccc1. The van der Waals surface area contributed by atoms with Gasteiger partial charge in [-0.3, -0.25) is 10.1 Å². The first-order chi connectivity index (χ1) is 13.7. The molecule has 7 heteroatoms. The third-order valence-corrected chi connectivity index (χ3v) is 5.41. The molecule has 2 aliphatic rings. The van der Waals surface area contributed by atoms with E-state index in [9.17, 15) is 10.1 Å². The number of nitrogens with zero attached hydrogens (tertiary/aromatic N) is 1. The molecule has 2 aromatic rings. The smallest absolute Gasteiger partial charge is 0.251 e. The molecular weight excluding hydrogens is 362 g/mol. The highest BCUT2D eigenvalue weighted by molar-refractivity contribution is 5.15. The van der Waals surface area contributed by atoms with Crippen molar-refractivity contribution < 1.29 is 23.9 Å². The number of hydrogen-bond acceptors (Lipinski definition) is 6. The van der Waals surface area contributed by atoms with E-state index in [2.05, 4.69) is 0 Å². The Kier molecular flexibility index (Phi) is 5.68. The van der Waals surface area contributed by atoms with E-state index < -0.39 is 36.6 Å². The van der Waals surface area contributed by atoms with Gasteiger partial charge in [0.25, 0.3) is 6.04 Å². The topological polar surface area (TPSA) is 80.1 Å². The second-order valence-electron chi connectivity index (χ2n) is 7.08. The van der Waals surface area contributed by atoms with E-state index in [4.69, 9.17) is 18.9 Å². The largest absolute Gasteiger partial charge is 0.370 e. The molecular formula is C21H23NO6. The Morgan fingerprint density at radius 3 is 1.96 bits per heavy atom. The maximum absolute atomic E-state index is 11.9. The first kappa shape index (κ1) is 19.0. The van der Waals surface area contributed by atoms with Gasteiger partial charge in [0, 0.05) is 12.0 Å². The zero-order chi connectivity index (χ0) is 19.5. The Morgan fingerprint density at radius 2 is 1.46 bits per heavy atom. The zero-order valence-electron chi connectivity index (χ0n) is 15.5. The molecule has 0 radical (unpaired) electrons. The lowest BCUT2D eigenvalue weighted by atomic mass is 10.0. The summed E-state index contributed by atoms with van der Waals surface area (Å²) in [7, 11) is 1.50. The molecule has 2 bridgehead atoms. The normalized spacial score (nSPS) is 31.2. The summed E-state index contributed by atoms with van der Waals surface area (Å²) in [6.07, 6.45) is -2.36. The number of fused-ring (bicyclic) bond motifs is 2. The van der Waals surface area contributed by atoms with Crippen molar-refractivity contribution >= 4 is 0 Å². The molecule has 4 rings (SSSR count). The molecule has 1 saturated heterocycles. The van der Waals surface area contributed by atoms with Crippen molar-refractivity contribution in [3.63, 3.8) is 0 Å². The van der Waals surface area contributed by atoms with Gasteiger partial charge in [0.1, 0.15) is 18.1 Å². The summed E-state index contributed by atoms with van der Waals surface area (Å²) in [5.74, 6) is -0.519. The molecule has 6 atom stereocenters. The van der Waals surface area contributed by atoms with Crippen LogP contribution < -0.4 is 0 Å². The van der Waals surface area contributed by atoms with E-state index in [0.717, 1.165) is 11.1 Å². The average Bonchev–Trinajstić information content (AvgIpc) is 3.23. The second kappa shape index (κ2) is 8.36. The van der Waals surface area contributed by atoms with Crippen molar-refractivity contribution in [1.29, 1.82) is 0 Å². The minimum atomic E-state index is -0.937. The first-order valence-corrected chi connectivity index (χ1v) is 9.32. The summed E-state index contributed by atoms with van der Waals surface area (Å²) < 4.78 is 23.3. The number of ether oxygens (including phenoxy) is 4. The Hall–Kier alpha value is -2.32. The molecule has 2 fully saturated rings. The van der Waals surface area contributed by atoms with Crippen LogP contribution in [0.5, 0.6) is 0 Å². The number of rotatable bonds is 8. The lowest BCUT2D eigenvalue weighted by molar-refractivity contribution is -0.552. The van der Waals surface area contributed by atoms with Crippen molar-refractivity contribution in [2.75, 3.05) is 7.11 Å². The monoisotopic (exact) mass is 385 g/mol. The van der Waals surface area contributed by atoms with E-state index in [1.807, 2.05) is 60.7 Å². The third-order valence-electron chi connectivity index (χ3n) is 5.41. The quantitative estimate of drug-likeness (QED) is 0.514. The summed E-state index contributed by atoms with van der Waals surface area (Å²) in [6.45, 7) is 0.639. The van der Waals surface area contributed by atoms with Gasteiger partial charge in [-0.05, 0) is 11.1 Å². The van der Waals surface area contributed by atoms with Crippen molar-refractivity contribution in [3.05, 3.63) is 81.9 Å². The fourth-order valence-electron chi connectivity index (χ4n) is 4.14. The third kappa shape index (κ3) is 3.66. The van der Waals surface area contributed by atoms with Crippen LogP contribution in [-0.2, 0) is 32.2 Å². The van der Waals surface area contributed by atoms with Gasteiger partial charge < -0.3 is 18.9 Å². The van der Waals surface area contributed by atoms with Gasteiger partial charge in [-0.15, -0.1) is 0 Å². The van der Waals surface area contributed by atoms with Gasteiger partial charge >= 0.3 is 0 Å². The van der Waals surface area contributed by atoms with Crippen LogP contribution in [0, 0.1) is 16.0 Å². The molecule has 1 heterocycles. The van der Waals surface area contributed by atoms with Crippen molar-refractivity contribution in [1.82, 2.24) is 0 Å². The molecule has 1 aliphatic heterocycles. The van der Waals surface area contributed by atoms with Crippen LogP contribution in [0.4, 0.5) is 0 Å². The molecule has 28 heavy (non-hydrogen) atoms. The second-order valence-corrected chi connectivity index (χ2v) is 7.08. The standard InChI is InChI=1S/C21H23NO6/c1-25-21-16-17(22(23)24)19(27-13-15-10-6-3-7-11-15)20(28-21)18(16)26-12-14-8-4-2-5-9-14/h2-11,16-21H,12-13H2,1H3/t16?,17-,18-,19+,20?,21-/m1/s1. The van der Waals surface area contributed by atoms with Gasteiger partial charge in [-0.2, -0.15) is 0 Å². The van der Waals surface area contributed by atoms with Crippen molar-refractivity contribution in [3.8, 4) is 0 Å². The minimum absolute atomic E-state index is 0.283. The molecule has 2 unspecified atom stereocenters. The van der Waals surface area contributed by atoms with Gasteiger partial charge in [0.15, 0.2) is 12.4 Å².